The molecule has 6 nitrogen and oxygen atoms in total. The van der Waals surface area contributed by atoms with Gasteiger partial charge in [-0.2, -0.15) is 0 Å². The molecule has 7 heteroatoms. The van der Waals surface area contributed by atoms with Gasteiger partial charge in [-0.25, -0.2) is 4.79 Å². The van der Waals surface area contributed by atoms with Crippen LogP contribution in [0.3, 0.4) is 0 Å². The number of benzene rings is 1. The fourth-order valence-electron chi connectivity index (χ4n) is 4.35. The summed E-state index contributed by atoms with van der Waals surface area (Å²) >= 11 is 1.57. The van der Waals surface area contributed by atoms with E-state index in [0.29, 0.717) is 5.56 Å². The molecule has 2 aliphatic rings. The van der Waals surface area contributed by atoms with E-state index in [9.17, 15) is 9.90 Å². The zero-order valence-electron chi connectivity index (χ0n) is 16.8. The third-order valence-electron chi connectivity index (χ3n) is 5.86. The molecule has 3 aromatic rings. The summed E-state index contributed by atoms with van der Waals surface area (Å²) in [4.78, 5) is 20.3. The van der Waals surface area contributed by atoms with Crippen LogP contribution in [0.2, 0.25) is 0 Å². The third-order valence-corrected chi connectivity index (χ3v) is 7.01. The molecular formula is C23H25N3O3S. The van der Waals surface area contributed by atoms with Crippen LogP contribution in [0.4, 0.5) is 5.00 Å². The lowest BCUT2D eigenvalue weighted by molar-refractivity contribution is 0.0344. The summed E-state index contributed by atoms with van der Waals surface area (Å²) in [5.41, 5.74) is 3.47. The molecular weight excluding hydrogens is 398 g/mol. The average molecular weight is 424 g/mol. The van der Waals surface area contributed by atoms with Gasteiger partial charge in [0.1, 0.15) is 11.2 Å². The highest BCUT2D eigenvalue weighted by atomic mass is 32.1. The predicted octanol–water partition coefficient (Wildman–Crippen LogP) is 4.49. The number of aromatic nitrogens is 1. The highest BCUT2D eigenvalue weighted by Gasteiger charge is 2.29. The molecule has 0 bridgehead atoms. The summed E-state index contributed by atoms with van der Waals surface area (Å²) in [7, 11) is 0. The first kappa shape index (κ1) is 19.5. The number of para-hydroxylation sites is 1. The van der Waals surface area contributed by atoms with Gasteiger partial charge >= 0.3 is 5.97 Å². The number of pyridine rings is 1. The summed E-state index contributed by atoms with van der Waals surface area (Å²) in [6.45, 7) is 3.08. The Bertz CT molecular complexity index is 1070. The summed E-state index contributed by atoms with van der Waals surface area (Å²) < 4.78 is 5.77. The van der Waals surface area contributed by atoms with Crippen LogP contribution in [-0.2, 0) is 24.2 Å². The summed E-state index contributed by atoms with van der Waals surface area (Å²) in [5, 5.41) is 15.1. The van der Waals surface area contributed by atoms with Crippen molar-refractivity contribution in [2.75, 3.05) is 18.5 Å². The summed E-state index contributed by atoms with van der Waals surface area (Å²) in [6, 6.07) is 12.3. The second kappa shape index (κ2) is 8.34. The van der Waals surface area contributed by atoms with Crippen LogP contribution >= 0.6 is 11.3 Å². The van der Waals surface area contributed by atoms with E-state index in [1.54, 1.807) is 11.3 Å². The van der Waals surface area contributed by atoms with Gasteiger partial charge in [-0.05, 0) is 43.4 Å². The van der Waals surface area contributed by atoms with Crippen LogP contribution < -0.4 is 5.32 Å². The van der Waals surface area contributed by atoms with Crippen LogP contribution in [0.5, 0.6) is 0 Å². The first-order chi connectivity index (χ1) is 14.7. The molecule has 0 spiro atoms. The van der Waals surface area contributed by atoms with Crippen molar-refractivity contribution in [3.63, 3.8) is 0 Å². The van der Waals surface area contributed by atoms with E-state index in [4.69, 9.17) is 9.72 Å². The number of carbonyl (C=O) groups is 1. The predicted molar refractivity (Wildman–Crippen MR) is 118 cm³/mol. The maximum Gasteiger partial charge on any atom is 0.338 e. The molecule has 1 fully saturated rings. The Morgan fingerprint density at radius 2 is 2.17 bits per heavy atom. The highest BCUT2D eigenvalue weighted by molar-refractivity contribution is 7.16. The number of nitrogens with zero attached hydrogens (tertiary/aromatic N) is 2. The van der Waals surface area contributed by atoms with E-state index in [0.717, 1.165) is 84.0 Å². The van der Waals surface area contributed by atoms with Gasteiger partial charge in [-0.1, -0.05) is 24.3 Å². The molecule has 1 saturated heterocycles. The molecule has 2 aromatic heterocycles. The number of carboxylic acids is 1. The molecule has 2 N–H and O–H groups in total. The molecule has 0 radical (unpaired) electrons. The number of thiophene rings is 1. The van der Waals surface area contributed by atoms with Crippen LogP contribution in [0.1, 0.15) is 45.8 Å². The molecule has 1 aromatic carbocycles. The zero-order chi connectivity index (χ0) is 20.5. The number of rotatable bonds is 5. The number of hydrogen-bond acceptors (Lipinski definition) is 6. The van der Waals surface area contributed by atoms with Gasteiger partial charge in [0, 0.05) is 36.5 Å². The van der Waals surface area contributed by atoms with E-state index < -0.39 is 5.97 Å². The van der Waals surface area contributed by atoms with Gasteiger partial charge in [0.15, 0.2) is 0 Å². The van der Waals surface area contributed by atoms with Crippen LogP contribution in [0.15, 0.2) is 36.4 Å². The third kappa shape index (κ3) is 3.93. The molecule has 0 amide bonds. The zero-order valence-corrected chi connectivity index (χ0v) is 17.6. The topological polar surface area (TPSA) is 74.7 Å². The molecule has 30 heavy (non-hydrogen) atoms. The Morgan fingerprint density at radius 1 is 1.27 bits per heavy atom. The van der Waals surface area contributed by atoms with E-state index in [1.807, 2.05) is 18.2 Å². The van der Waals surface area contributed by atoms with Crippen molar-refractivity contribution in [2.24, 2.45) is 0 Å². The van der Waals surface area contributed by atoms with Gasteiger partial charge in [-0.15, -0.1) is 11.3 Å². The molecule has 2 aliphatic heterocycles. The van der Waals surface area contributed by atoms with Gasteiger partial charge in [0.25, 0.3) is 0 Å². The summed E-state index contributed by atoms with van der Waals surface area (Å²) in [6.07, 6.45) is 3.76. The van der Waals surface area contributed by atoms with Crippen molar-refractivity contribution < 1.29 is 14.6 Å². The SMILES string of the molecule is O=C(O)c1c(NC2CCCCO2)sc2c1CCN(Cc1ccc3ccccc3n1)C2. The first-order valence-corrected chi connectivity index (χ1v) is 11.3. The second-order valence-electron chi connectivity index (χ2n) is 7.97. The standard InChI is InChI=1S/C23H25N3O3S/c27-23(28)21-17-10-11-26(13-16-9-8-15-5-1-2-6-18(15)24-16)14-19(17)30-22(21)25-20-7-3-4-12-29-20/h1-2,5-6,8-9,20,25H,3-4,7,10-14H2,(H,27,28). The Labute approximate surface area is 179 Å². The first-order valence-electron chi connectivity index (χ1n) is 10.5. The van der Waals surface area contributed by atoms with Gasteiger partial charge < -0.3 is 15.2 Å². The van der Waals surface area contributed by atoms with Crippen molar-refractivity contribution in [3.05, 3.63) is 58.1 Å². The summed E-state index contributed by atoms with van der Waals surface area (Å²) in [5.74, 6) is -0.851. The monoisotopic (exact) mass is 423 g/mol. The molecule has 0 aliphatic carbocycles. The van der Waals surface area contributed by atoms with Crippen molar-refractivity contribution >= 4 is 33.2 Å². The number of aromatic carboxylic acids is 1. The maximum atomic E-state index is 12.0. The number of hydrogen-bond donors (Lipinski definition) is 2. The molecule has 1 atom stereocenters. The molecule has 4 heterocycles. The van der Waals surface area contributed by atoms with Crippen LogP contribution in [-0.4, -0.2) is 40.3 Å². The average Bonchev–Trinajstić information content (AvgIpc) is 3.11. The minimum Gasteiger partial charge on any atom is -0.478 e. The van der Waals surface area contributed by atoms with Crippen LogP contribution in [0.25, 0.3) is 10.9 Å². The minimum absolute atomic E-state index is 0.0881. The van der Waals surface area contributed by atoms with E-state index in [-0.39, 0.29) is 6.23 Å². The Balaban J connectivity index is 1.35. The van der Waals surface area contributed by atoms with E-state index >= 15 is 0 Å². The molecule has 1 unspecified atom stereocenters. The fraction of sp³-hybridized carbons (Fsp3) is 0.391. The van der Waals surface area contributed by atoms with Crippen LogP contribution in [0, 0.1) is 0 Å². The number of carboxylic acid groups (broad SMARTS) is 1. The Kier molecular flexibility index (Phi) is 5.41. The largest absolute Gasteiger partial charge is 0.478 e. The Hall–Kier alpha value is -2.48. The number of nitrogens with one attached hydrogen (secondary N) is 1. The van der Waals surface area contributed by atoms with Gasteiger partial charge in [0.05, 0.1) is 16.8 Å². The van der Waals surface area contributed by atoms with Crippen molar-refractivity contribution in [1.29, 1.82) is 0 Å². The second-order valence-corrected chi connectivity index (χ2v) is 9.07. The van der Waals surface area contributed by atoms with Crippen molar-refractivity contribution in [3.8, 4) is 0 Å². The van der Waals surface area contributed by atoms with E-state index in [1.165, 1.54) is 0 Å². The lowest BCUT2D eigenvalue weighted by Gasteiger charge is -2.26. The van der Waals surface area contributed by atoms with Gasteiger partial charge in [0.2, 0.25) is 0 Å². The fourth-order valence-corrected chi connectivity index (χ4v) is 5.67. The smallest absolute Gasteiger partial charge is 0.338 e. The van der Waals surface area contributed by atoms with Crippen molar-refractivity contribution in [2.45, 2.75) is 45.0 Å². The number of ether oxygens (including phenoxy) is 1. The Morgan fingerprint density at radius 3 is 3.00 bits per heavy atom. The highest BCUT2D eigenvalue weighted by Crippen LogP contribution is 2.38. The minimum atomic E-state index is -0.851. The number of fused-ring (bicyclic) bond motifs is 2. The maximum absolute atomic E-state index is 12.0. The lowest BCUT2D eigenvalue weighted by atomic mass is 10.0. The molecule has 156 valence electrons. The lowest BCUT2D eigenvalue weighted by Crippen LogP contribution is -2.30. The molecule has 0 saturated carbocycles. The quantitative estimate of drug-likeness (QED) is 0.630. The number of anilines is 1. The molecule has 5 rings (SSSR count). The van der Waals surface area contributed by atoms with Crippen molar-refractivity contribution in [1.82, 2.24) is 9.88 Å². The normalized spacial score (nSPS) is 19.5. The van der Waals surface area contributed by atoms with E-state index in [2.05, 4.69) is 28.4 Å². The van der Waals surface area contributed by atoms with Gasteiger partial charge in [-0.3, -0.25) is 9.88 Å².